The lowest BCUT2D eigenvalue weighted by Gasteiger charge is -2.65. The minimum atomic E-state index is 0.197. The van der Waals surface area contributed by atoms with Crippen molar-refractivity contribution in [3.8, 4) is 57.4 Å². The van der Waals surface area contributed by atoms with Gasteiger partial charge < -0.3 is 0 Å². The summed E-state index contributed by atoms with van der Waals surface area (Å²) in [5.41, 5.74) is 9.96. The molecule has 0 amide bonds. The van der Waals surface area contributed by atoms with Crippen LogP contribution in [0.25, 0.3) is 56.1 Å². The van der Waals surface area contributed by atoms with E-state index in [-0.39, 0.29) is 10.8 Å². The Morgan fingerprint density at radius 1 is 0.525 bits per heavy atom. The number of fused-ring (bicyclic) bond motifs is 3. The van der Waals surface area contributed by atoms with E-state index in [1.54, 1.807) is 35.4 Å². The van der Waals surface area contributed by atoms with E-state index in [1.165, 1.54) is 74.3 Å². The van der Waals surface area contributed by atoms with Crippen molar-refractivity contribution in [2.45, 2.75) is 89.4 Å². The van der Waals surface area contributed by atoms with Crippen LogP contribution in [-0.2, 0) is 10.8 Å². The van der Waals surface area contributed by atoms with Gasteiger partial charge in [0.05, 0.1) is 23.3 Å². The molecule has 0 aliphatic heterocycles. The smallest absolute Gasteiger partial charge is 0.164 e. The van der Waals surface area contributed by atoms with E-state index in [1.807, 2.05) is 24.3 Å². The first-order valence-electron chi connectivity index (χ1n) is 22.1. The van der Waals surface area contributed by atoms with Gasteiger partial charge in [0.15, 0.2) is 17.5 Å². The monoisotopic (exact) mass is 769 g/mol. The van der Waals surface area contributed by atoms with Crippen molar-refractivity contribution in [3.63, 3.8) is 0 Å². The third kappa shape index (κ3) is 6.11. The molecular weight excluding hydrogens is 719 g/mol. The number of nitrogens with zero attached hydrogens (tertiary/aromatic N) is 5. The summed E-state index contributed by atoms with van der Waals surface area (Å²) < 4.78 is 0. The van der Waals surface area contributed by atoms with Crippen molar-refractivity contribution >= 4 is 10.8 Å². The molecule has 5 aromatic carbocycles. The van der Waals surface area contributed by atoms with E-state index in [4.69, 9.17) is 15.0 Å². The first-order valence-corrected chi connectivity index (χ1v) is 22.1. The summed E-state index contributed by atoms with van der Waals surface area (Å²) in [4.78, 5) is 15.2. The summed E-state index contributed by atoms with van der Waals surface area (Å²) in [6, 6.07) is 40.5. The van der Waals surface area contributed by atoms with Crippen LogP contribution in [0.4, 0.5) is 0 Å². The Morgan fingerprint density at radius 3 is 1.61 bits per heavy atom. The average molecular weight is 770 g/mol. The highest BCUT2D eigenvalue weighted by Crippen LogP contribution is 2.67. The molecule has 0 N–H and O–H groups in total. The van der Waals surface area contributed by atoms with Crippen LogP contribution in [0.1, 0.15) is 101 Å². The molecule has 1 heterocycles. The minimum Gasteiger partial charge on any atom is -0.208 e. The van der Waals surface area contributed by atoms with Gasteiger partial charge >= 0.3 is 0 Å². The molecule has 9 atom stereocenters. The van der Waals surface area contributed by atoms with Crippen molar-refractivity contribution in [2.24, 2.45) is 41.4 Å². The Morgan fingerprint density at radius 2 is 1.05 bits per heavy atom. The second-order valence-corrected chi connectivity index (χ2v) is 19.9. The molecule has 5 fully saturated rings. The second kappa shape index (κ2) is 13.7. The first kappa shape index (κ1) is 36.4. The standard InChI is InChI=1S/C54H51N5/c1-32-18-36-19-33(2)26-54(25-32,27-36)44-23-39(22-43(24-44)53(3)28-41-20-40-21-42(29-53)49(40)41)45-16-17-48(47-7-5-4-6-46(45)47)52-58-50(37-12-8-34(30-55)9-13-37)57-51(59-52)38-14-10-35(31-56)11-15-38/h4-17,22-24,32-33,36,40-42,49H,18-21,25-29H2,1-3H3/t32-,33+,36-,40?,41-,42+,49-,53?,54?. The molecule has 6 aromatic rings. The Hall–Kier alpha value is -5.65. The summed E-state index contributed by atoms with van der Waals surface area (Å²) in [5, 5.41) is 21.3. The van der Waals surface area contributed by atoms with Crippen LogP contribution < -0.4 is 0 Å². The zero-order chi connectivity index (χ0) is 40.0. The van der Waals surface area contributed by atoms with E-state index in [0.717, 1.165) is 63.5 Å². The van der Waals surface area contributed by atoms with Crippen LogP contribution in [0, 0.1) is 64.1 Å². The lowest BCUT2D eigenvalue weighted by atomic mass is 9.39. The van der Waals surface area contributed by atoms with Gasteiger partial charge in [-0.3, -0.25) is 0 Å². The fourth-order valence-electron chi connectivity index (χ4n) is 13.6. The van der Waals surface area contributed by atoms with Gasteiger partial charge in [0.25, 0.3) is 0 Å². The van der Waals surface area contributed by atoms with Gasteiger partial charge in [-0.15, -0.1) is 0 Å². The van der Waals surface area contributed by atoms with Crippen LogP contribution in [0.15, 0.2) is 103 Å². The van der Waals surface area contributed by atoms with Crippen LogP contribution >= 0.6 is 0 Å². The maximum atomic E-state index is 9.49. The highest BCUT2D eigenvalue weighted by atomic mass is 15.0. The molecule has 292 valence electrons. The summed E-state index contributed by atoms with van der Waals surface area (Å²) in [6.07, 6.45) is 12.3. The largest absolute Gasteiger partial charge is 0.208 e. The van der Waals surface area contributed by atoms with Crippen LogP contribution in [-0.4, -0.2) is 15.0 Å². The SMILES string of the molecule is C[C@@H]1C[C@@H]2C[C@H](C)CC(c3cc(-c4ccc(-c5nc(-c6ccc(C#N)cc6)nc(-c6ccc(C#N)cc6)n5)c5ccccc45)cc(C4(C)C[C@H]5CC6C[C@@H](C4)[C@H]65)c3)(C1)C2. The van der Waals surface area contributed by atoms with Gasteiger partial charge in [0.2, 0.25) is 0 Å². The topological polar surface area (TPSA) is 86.2 Å². The van der Waals surface area contributed by atoms with Crippen molar-refractivity contribution in [1.29, 1.82) is 10.5 Å². The second-order valence-electron chi connectivity index (χ2n) is 19.9. The van der Waals surface area contributed by atoms with E-state index in [9.17, 15) is 10.5 Å². The van der Waals surface area contributed by atoms with E-state index >= 15 is 0 Å². The van der Waals surface area contributed by atoms with Crippen molar-refractivity contribution in [2.75, 3.05) is 0 Å². The normalized spacial score (nSPS) is 30.3. The van der Waals surface area contributed by atoms with Crippen molar-refractivity contribution in [1.82, 2.24) is 15.0 Å². The zero-order valence-corrected chi connectivity index (χ0v) is 34.5. The molecule has 5 heteroatoms. The maximum absolute atomic E-state index is 9.49. The minimum absolute atomic E-state index is 0.197. The zero-order valence-electron chi connectivity index (χ0n) is 34.5. The van der Waals surface area contributed by atoms with Crippen LogP contribution in [0.5, 0.6) is 0 Å². The number of aromatic nitrogens is 3. The molecule has 5 aliphatic carbocycles. The Kier molecular flexibility index (Phi) is 8.46. The summed E-state index contributed by atoms with van der Waals surface area (Å²) >= 11 is 0. The van der Waals surface area contributed by atoms with Gasteiger partial charge in [-0.2, -0.15) is 10.5 Å². The fraction of sp³-hybridized carbons (Fsp3) is 0.389. The Labute approximate surface area is 348 Å². The highest BCUT2D eigenvalue weighted by molar-refractivity contribution is 6.04. The number of hydrogen-bond acceptors (Lipinski definition) is 5. The van der Waals surface area contributed by atoms with Crippen LogP contribution in [0.3, 0.4) is 0 Å². The maximum Gasteiger partial charge on any atom is 0.164 e. The third-order valence-corrected chi connectivity index (χ3v) is 15.8. The molecule has 59 heavy (non-hydrogen) atoms. The molecule has 5 aliphatic rings. The summed E-state index contributed by atoms with van der Waals surface area (Å²) in [7, 11) is 0. The number of benzene rings is 5. The molecule has 5 nitrogen and oxygen atoms in total. The highest BCUT2D eigenvalue weighted by Gasteiger charge is 2.59. The average Bonchev–Trinajstić information content (AvgIpc) is 3.23. The fourth-order valence-corrected chi connectivity index (χ4v) is 13.6. The molecule has 0 saturated heterocycles. The van der Waals surface area contributed by atoms with Gasteiger partial charge in [-0.1, -0.05) is 69.3 Å². The van der Waals surface area contributed by atoms with E-state index < -0.39 is 0 Å². The predicted octanol–water partition coefficient (Wildman–Crippen LogP) is 12.9. The Balaban J connectivity index is 1.07. The summed E-state index contributed by atoms with van der Waals surface area (Å²) in [6.45, 7) is 7.64. The van der Waals surface area contributed by atoms with Gasteiger partial charge in [-0.05, 0) is 198 Å². The third-order valence-electron chi connectivity index (χ3n) is 15.8. The quantitative estimate of drug-likeness (QED) is 0.168. The van der Waals surface area contributed by atoms with Crippen molar-refractivity contribution < 1.29 is 0 Å². The molecule has 11 rings (SSSR count). The number of nitriles is 2. The molecule has 0 spiro atoms. The summed E-state index contributed by atoms with van der Waals surface area (Å²) in [5.74, 6) is 7.84. The Bertz CT molecular complexity index is 2610. The molecule has 0 radical (unpaired) electrons. The van der Waals surface area contributed by atoms with Gasteiger partial charge in [-0.25, -0.2) is 15.0 Å². The molecule has 3 unspecified atom stereocenters. The van der Waals surface area contributed by atoms with Gasteiger partial charge in [0, 0.05) is 16.7 Å². The van der Waals surface area contributed by atoms with E-state index in [2.05, 4.69) is 87.5 Å². The molecule has 2 bridgehead atoms. The number of hydrogen-bond donors (Lipinski definition) is 0. The van der Waals surface area contributed by atoms with E-state index in [0.29, 0.717) is 28.6 Å². The molecule has 5 saturated carbocycles. The molecule has 1 aromatic heterocycles. The van der Waals surface area contributed by atoms with Crippen molar-refractivity contribution in [3.05, 3.63) is 125 Å². The predicted molar refractivity (Wildman–Crippen MR) is 235 cm³/mol. The lowest BCUT2D eigenvalue weighted by molar-refractivity contribution is -0.141. The lowest BCUT2D eigenvalue weighted by Crippen LogP contribution is -2.58. The van der Waals surface area contributed by atoms with Gasteiger partial charge in [0.1, 0.15) is 0 Å². The van der Waals surface area contributed by atoms with Crippen LogP contribution in [0.2, 0.25) is 0 Å². The molecular formula is C54H51N5. The number of rotatable bonds is 6. The first-order chi connectivity index (χ1) is 28.7.